The van der Waals surface area contributed by atoms with Crippen molar-refractivity contribution in [3.63, 3.8) is 0 Å². The third kappa shape index (κ3) is 7.40. The second-order valence-corrected chi connectivity index (χ2v) is 14.0. The number of fused-ring (bicyclic) bond motifs is 2. The van der Waals surface area contributed by atoms with Gasteiger partial charge in [0.05, 0.1) is 49.4 Å². The molecule has 44 heavy (non-hydrogen) atoms. The first-order valence-corrected chi connectivity index (χ1v) is 16.6. The minimum atomic E-state index is -3.95. The van der Waals surface area contributed by atoms with E-state index in [0.717, 1.165) is 24.2 Å². The molecule has 3 aliphatic heterocycles. The van der Waals surface area contributed by atoms with Gasteiger partial charge in [-0.15, -0.1) is 0 Å². The largest absolute Gasteiger partial charge is 0.497 e. The van der Waals surface area contributed by atoms with Crippen molar-refractivity contribution in [3.8, 4) is 11.5 Å². The number of anilines is 1. The highest BCUT2D eigenvalue weighted by atomic mass is 32.2. The molecule has 0 aromatic heterocycles. The maximum absolute atomic E-state index is 14.0. The van der Waals surface area contributed by atoms with Gasteiger partial charge in [0.25, 0.3) is 0 Å². The Morgan fingerprint density at radius 1 is 1.14 bits per heavy atom. The van der Waals surface area contributed by atoms with Crippen molar-refractivity contribution in [2.24, 2.45) is 17.6 Å². The normalized spacial score (nSPS) is 22.7. The van der Waals surface area contributed by atoms with Crippen molar-refractivity contribution >= 4 is 21.8 Å². The van der Waals surface area contributed by atoms with Crippen molar-refractivity contribution in [1.29, 1.82) is 0 Å². The summed E-state index contributed by atoms with van der Waals surface area (Å²) in [7, 11) is -0.414. The lowest BCUT2D eigenvalue weighted by molar-refractivity contribution is -0.0907. The minimum absolute atomic E-state index is 0.0125. The molecule has 0 unspecified atom stereocenters. The Morgan fingerprint density at radius 2 is 1.91 bits per heavy atom. The number of ether oxygens (including phenoxy) is 5. The molecule has 1 amide bonds. The molecule has 3 N–H and O–H groups in total. The first kappa shape index (κ1) is 32.3. The summed E-state index contributed by atoms with van der Waals surface area (Å²) in [5, 5.41) is 2.94. The fourth-order valence-electron chi connectivity index (χ4n) is 5.88. The van der Waals surface area contributed by atoms with Crippen molar-refractivity contribution in [2.45, 2.75) is 56.1 Å². The van der Waals surface area contributed by atoms with Gasteiger partial charge < -0.3 is 39.6 Å². The molecule has 2 aromatic carbocycles. The van der Waals surface area contributed by atoms with Crippen LogP contribution in [0, 0.1) is 11.8 Å². The lowest BCUT2D eigenvalue weighted by Crippen LogP contribution is -2.55. The van der Waals surface area contributed by atoms with Gasteiger partial charge in [-0.05, 0) is 48.6 Å². The summed E-state index contributed by atoms with van der Waals surface area (Å²) in [6, 6.07) is 11.0. The van der Waals surface area contributed by atoms with E-state index in [1.54, 1.807) is 25.3 Å². The molecule has 0 radical (unpaired) electrons. The second kappa shape index (κ2) is 13.9. The van der Waals surface area contributed by atoms with E-state index < -0.39 is 34.3 Å². The maximum atomic E-state index is 14.0. The van der Waals surface area contributed by atoms with Crippen molar-refractivity contribution in [1.82, 2.24) is 9.62 Å². The predicted octanol–water partition coefficient (Wildman–Crippen LogP) is 2.60. The molecule has 2 saturated heterocycles. The van der Waals surface area contributed by atoms with Gasteiger partial charge in [-0.3, -0.25) is 0 Å². The number of sulfonamides is 1. The number of alkyl carbamates (subject to hydrolysis) is 1. The van der Waals surface area contributed by atoms with Crippen LogP contribution in [0.2, 0.25) is 0 Å². The van der Waals surface area contributed by atoms with E-state index in [4.69, 9.17) is 29.4 Å². The zero-order valence-electron chi connectivity index (χ0n) is 25.8. The summed E-state index contributed by atoms with van der Waals surface area (Å²) in [6.07, 6.45) is -0.304. The summed E-state index contributed by atoms with van der Waals surface area (Å²) in [5.74, 6) is 1.24. The van der Waals surface area contributed by atoms with E-state index in [1.165, 1.54) is 4.31 Å². The van der Waals surface area contributed by atoms with Crippen LogP contribution in [-0.2, 0) is 30.7 Å². The van der Waals surface area contributed by atoms with Gasteiger partial charge in [-0.2, -0.15) is 4.31 Å². The number of amides is 1. The highest BCUT2D eigenvalue weighted by Gasteiger charge is 2.44. The van der Waals surface area contributed by atoms with E-state index in [2.05, 4.69) is 5.32 Å². The molecule has 5 rings (SSSR count). The predicted molar refractivity (Wildman–Crippen MR) is 164 cm³/mol. The molecule has 12 nitrogen and oxygen atoms in total. The van der Waals surface area contributed by atoms with Crippen LogP contribution in [0.25, 0.3) is 0 Å². The Labute approximate surface area is 259 Å². The Morgan fingerprint density at radius 3 is 2.64 bits per heavy atom. The highest BCUT2D eigenvalue weighted by Crippen LogP contribution is 2.35. The van der Waals surface area contributed by atoms with Gasteiger partial charge in [-0.1, -0.05) is 26.0 Å². The van der Waals surface area contributed by atoms with E-state index >= 15 is 0 Å². The number of rotatable bonds is 12. The molecule has 0 bridgehead atoms. The number of methoxy groups -OCH3 is 1. The SMILES string of the molecule is COc1ccc(C[C@H](NC(=O)O[C@H]2CO[C@H]3OCC[C@H]32)[C@H](N)CN(CC(C)C)S(=O)(=O)c2ccc3c(c2)OCCN3C)cc1. The summed E-state index contributed by atoms with van der Waals surface area (Å²) in [5.41, 5.74) is 8.51. The quantitative estimate of drug-likeness (QED) is 0.359. The lowest BCUT2D eigenvalue weighted by Gasteiger charge is -2.32. The summed E-state index contributed by atoms with van der Waals surface area (Å²) in [4.78, 5) is 15.3. The fourth-order valence-corrected chi connectivity index (χ4v) is 7.54. The highest BCUT2D eigenvalue weighted by molar-refractivity contribution is 7.89. The topological polar surface area (TPSA) is 142 Å². The van der Waals surface area contributed by atoms with Crippen LogP contribution >= 0.6 is 0 Å². The van der Waals surface area contributed by atoms with E-state index in [0.29, 0.717) is 31.1 Å². The van der Waals surface area contributed by atoms with Crippen LogP contribution in [0.15, 0.2) is 47.4 Å². The second-order valence-electron chi connectivity index (χ2n) is 12.1. The summed E-state index contributed by atoms with van der Waals surface area (Å²) in [6.45, 7) is 6.15. The zero-order chi connectivity index (χ0) is 31.4. The molecule has 2 aromatic rings. The van der Waals surface area contributed by atoms with Gasteiger partial charge in [0, 0.05) is 32.2 Å². The number of nitrogens with zero attached hydrogens (tertiary/aromatic N) is 2. The Kier molecular flexibility index (Phi) is 10.2. The number of hydrogen-bond acceptors (Lipinski definition) is 10. The number of benzene rings is 2. The Bertz CT molecular complexity index is 1390. The van der Waals surface area contributed by atoms with Crippen LogP contribution in [0.5, 0.6) is 11.5 Å². The first-order chi connectivity index (χ1) is 21.0. The van der Waals surface area contributed by atoms with Gasteiger partial charge in [0.2, 0.25) is 10.0 Å². The van der Waals surface area contributed by atoms with E-state index in [-0.39, 0.29) is 42.7 Å². The van der Waals surface area contributed by atoms with Crippen molar-refractivity contribution in [2.75, 3.05) is 58.5 Å². The average Bonchev–Trinajstić information content (AvgIpc) is 3.62. The lowest BCUT2D eigenvalue weighted by atomic mass is 9.99. The number of nitrogens with two attached hydrogens (primary N) is 1. The number of likely N-dealkylation sites (N-methyl/N-ethyl adjacent to an activating group) is 1. The van der Waals surface area contributed by atoms with Gasteiger partial charge >= 0.3 is 6.09 Å². The number of hydrogen-bond donors (Lipinski definition) is 2. The summed E-state index contributed by atoms with van der Waals surface area (Å²) >= 11 is 0. The van der Waals surface area contributed by atoms with Crippen molar-refractivity contribution in [3.05, 3.63) is 48.0 Å². The van der Waals surface area contributed by atoms with Crippen LogP contribution < -0.4 is 25.4 Å². The van der Waals surface area contributed by atoms with Gasteiger partial charge in [0.1, 0.15) is 24.2 Å². The molecule has 0 aliphatic carbocycles. The molecular formula is C31H44N4O8S. The monoisotopic (exact) mass is 632 g/mol. The van der Waals surface area contributed by atoms with Crippen LogP contribution in [0.3, 0.4) is 0 Å². The van der Waals surface area contributed by atoms with Gasteiger partial charge in [0.15, 0.2) is 6.29 Å². The van der Waals surface area contributed by atoms with Crippen LogP contribution in [-0.4, -0.2) is 96.9 Å². The minimum Gasteiger partial charge on any atom is -0.497 e. The molecule has 0 saturated carbocycles. The third-order valence-corrected chi connectivity index (χ3v) is 10.2. The summed E-state index contributed by atoms with van der Waals surface area (Å²) < 4.78 is 57.5. The molecule has 0 spiro atoms. The molecule has 2 fully saturated rings. The van der Waals surface area contributed by atoms with E-state index in [9.17, 15) is 13.2 Å². The smallest absolute Gasteiger partial charge is 0.407 e. The maximum Gasteiger partial charge on any atom is 0.407 e. The standard InChI is InChI=1S/C31H44N4O8S/c1-20(2)17-35(44(37,38)23-9-10-27-28(16-23)40-14-12-34(27)3)18-25(32)26(15-21-5-7-22(39-4)8-6-21)33-31(36)43-29-19-42-30-24(29)11-13-41-30/h5-10,16,20,24-26,29-30H,11-15,17-19,32H2,1-4H3,(H,33,36)/t24-,25+,26-,29-,30+/m0/s1. The number of carbonyl (C=O) groups is 1. The van der Waals surface area contributed by atoms with Crippen molar-refractivity contribution < 1.29 is 36.9 Å². The number of nitrogens with one attached hydrogen (secondary N) is 1. The third-order valence-electron chi connectivity index (χ3n) is 8.33. The number of carbonyl (C=O) groups excluding carboxylic acids is 1. The van der Waals surface area contributed by atoms with Crippen LogP contribution in [0.4, 0.5) is 10.5 Å². The fraction of sp³-hybridized carbons (Fsp3) is 0.581. The van der Waals surface area contributed by atoms with E-state index in [1.807, 2.05) is 50.1 Å². The molecule has 3 heterocycles. The average molecular weight is 633 g/mol. The molecule has 13 heteroatoms. The Hall–Kier alpha value is -3.10. The van der Waals surface area contributed by atoms with Gasteiger partial charge in [-0.25, -0.2) is 13.2 Å². The Balaban J connectivity index is 1.35. The molecule has 3 aliphatic rings. The molecular weight excluding hydrogens is 588 g/mol. The van der Waals surface area contributed by atoms with Crippen LogP contribution in [0.1, 0.15) is 25.8 Å². The molecule has 5 atom stereocenters. The molecule has 242 valence electrons. The first-order valence-electron chi connectivity index (χ1n) is 15.1. The zero-order valence-corrected chi connectivity index (χ0v) is 26.6.